The maximum atomic E-state index is 12.0. The molecule has 1 aromatic heterocycles. The molecule has 3 rings (SSSR count). The molecular formula is C19H26N4O2. The number of imidazole rings is 1. The van der Waals surface area contributed by atoms with Crippen LogP contribution in [0.5, 0.6) is 0 Å². The normalized spacial score (nSPS) is 20.2. The SMILES string of the molecule is CC1CCCC(OCc2cccc(NC(=O)NCc3ncc[nH]3)c2)C1. The molecule has 1 heterocycles. The number of hydrogen-bond donors (Lipinski definition) is 3. The van der Waals surface area contributed by atoms with E-state index in [1.54, 1.807) is 12.4 Å². The van der Waals surface area contributed by atoms with Gasteiger partial charge < -0.3 is 20.4 Å². The van der Waals surface area contributed by atoms with Crippen LogP contribution in [0, 0.1) is 5.92 Å². The summed E-state index contributed by atoms with van der Waals surface area (Å²) in [6.45, 7) is 3.24. The van der Waals surface area contributed by atoms with Gasteiger partial charge in [0.1, 0.15) is 5.82 Å². The van der Waals surface area contributed by atoms with E-state index in [2.05, 4.69) is 27.5 Å². The molecule has 0 saturated heterocycles. The van der Waals surface area contributed by atoms with Gasteiger partial charge >= 0.3 is 6.03 Å². The Kier molecular flexibility index (Phi) is 6.06. The minimum Gasteiger partial charge on any atom is -0.374 e. The molecule has 1 fully saturated rings. The molecule has 6 heteroatoms. The highest BCUT2D eigenvalue weighted by molar-refractivity contribution is 5.89. The van der Waals surface area contributed by atoms with E-state index in [0.29, 0.717) is 19.3 Å². The molecule has 2 aromatic rings. The zero-order valence-electron chi connectivity index (χ0n) is 14.6. The van der Waals surface area contributed by atoms with Gasteiger partial charge in [0.2, 0.25) is 0 Å². The van der Waals surface area contributed by atoms with E-state index in [-0.39, 0.29) is 6.03 Å². The number of hydrogen-bond acceptors (Lipinski definition) is 3. The topological polar surface area (TPSA) is 79.0 Å². The number of amides is 2. The van der Waals surface area contributed by atoms with E-state index in [0.717, 1.165) is 35.8 Å². The Labute approximate surface area is 148 Å². The standard InChI is InChI=1S/C19H26N4O2/c1-14-4-2-7-17(10-14)25-13-15-5-3-6-16(11-15)23-19(24)22-12-18-20-8-9-21-18/h3,5-6,8-9,11,14,17H,2,4,7,10,12-13H2,1H3,(H,20,21)(H2,22,23,24). The molecule has 3 N–H and O–H groups in total. The van der Waals surface area contributed by atoms with Gasteiger partial charge in [-0.25, -0.2) is 9.78 Å². The zero-order valence-corrected chi connectivity index (χ0v) is 14.6. The fraction of sp³-hybridized carbons (Fsp3) is 0.474. The quantitative estimate of drug-likeness (QED) is 0.746. The summed E-state index contributed by atoms with van der Waals surface area (Å²) in [5, 5.41) is 5.61. The van der Waals surface area contributed by atoms with Crippen molar-refractivity contribution in [3.05, 3.63) is 48.0 Å². The average molecular weight is 342 g/mol. The van der Waals surface area contributed by atoms with Crippen LogP contribution >= 0.6 is 0 Å². The van der Waals surface area contributed by atoms with E-state index in [9.17, 15) is 4.79 Å². The Hall–Kier alpha value is -2.34. The first-order valence-corrected chi connectivity index (χ1v) is 8.92. The van der Waals surface area contributed by atoms with Crippen LogP contribution in [0.1, 0.15) is 44.0 Å². The van der Waals surface area contributed by atoms with Crippen LogP contribution in [0.25, 0.3) is 0 Å². The number of carbonyl (C=O) groups is 1. The molecular weight excluding hydrogens is 316 g/mol. The van der Waals surface area contributed by atoms with Crippen LogP contribution in [0.4, 0.5) is 10.5 Å². The summed E-state index contributed by atoms with van der Waals surface area (Å²) in [5.74, 6) is 1.48. The van der Waals surface area contributed by atoms with Crippen LogP contribution < -0.4 is 10.6 Å². The lowest BCUT2D eigenvalue weighted by Gasteiger charge is -2.26. The molecule has 2 amide bonds. The van der Waals surface area contributed by atoms with Crippen molar-refractivity contribution in [3.8, 4) is 0 Å². The fourth-order valence-corrected chi connectivity index (χ4v) is 3.22. The van der Waals surface area contributed by atoms with Gasteiger partial charge in [0.15, 0.2) is 0 Å². The lowest BCUT2D eigenvalue weighted by atomic mass is 9.89. The number of urea groups is 1. The van der Waals surface area contributed by atoms with E-state index < -0.39 is 0 Å². The van der Waals surface area contributed by atoms with E-state index >= 15 is 0 Å². The summed E-state index contributed by atoms with van der Waals surface area (Å²) in [6, 6.07) is 7.54. The molecule has 2 unspecified atom stereocenters. The van der Waals surface area contributed by atoms with Crippen molar-refractivity contribution in [1.29, 1.82) is 0 Å². The maximum Gasteiger partial charge on any atom is 0.319 e. The summed E-state index contributed by atoms with van der Waals surface area (Å²) in [7, 11) is 0. The molecule has 1 saturated carbocycles. The van der Waals surface area contributed by atoms with Gasteiger partial charge in [-0.05, 0) is 36.5 Å². The number of aromatic amines is 1. The summed E-state index contributed by atoms with van der Waals surface area (Å²) in [4.78, 5) is 19.0. The third kappa shape index (κ3) is 5.60. The van der Waals surface area contributed by atoms with Gasteiger partial charge in [0.05, 0.1) is 19.3 Å². The third-order valence-electron chi connectivity index (χ3n) is 4.53. The van der Waals surface area contributed by atoms with Gasteiger partial charge in [-0.3, -0.25) is 0 Å². The lowest BCUT2D eigenvalue weighted by Crippen LogP contribution is -2.28. The molecule has 25 heavy (non-hydrogen) atoms. The number of ether oxygens (including phenoxy) is 1. The largest absolute Gasteiger partial charge is 0.374 e. The van der Waals surface area contributed by atoms with E-state index in [1.165, 1.54) is 12.8 Å². The monoisotopic (exact) mass is 342 g/mol. The minimum absolute atomic E-state index is 0.254. The Morgan fingerprint density at radius 2 is 2.32 bits per heavy atom. The van der Waals surface area contributed by atoms with Crippen molar-refractivity contribution < 1.29 is 9.53 Å². The number of anilines is 1. The van der Waals surface area contributed by atoms with Gasteiger partial charge in [-0.15, -0.1) is 0 Å². The Bertz CT molecular complexity index is 672. The van der Waals surface area contributed by atoms with Gasteiger partial charge in [-0.2, -0.15) is 0 Å². The van der Waals surface area contributed by atoms with Crippen LogP contribution in [-0.4, -0.2) is 22.1 Å². The molecule has 0 spiro atoms. The maximum absolute atomic E-state index is 12.0. The van der Waals surface area contributed by atoms with Gasteiger partial charge in [0.25, 0.3) is 0 Å². The second-order valence-electron chi connectivity index (χ2n) is 6.75. The molecule has 0 radical (unpaired) electrons. The van der Waals surface area contributed by atoms with Gasteiger partial charge in [-0.1, -0.05) is 31.9 Å². The van der Waals surface area contributed by atoms with Crippen molar-refractivity contribution >= 4 is 11.7 Å². The van der Waals surface area contributed by atoms with Crippen LogP contribution in [0.3, 0.4) is 0 Å². The predicted octanol–water partition coefficient (Wildman–Crippen LogP) is 3.83. The second-order valence-corrected chi connectivity index (χ2v) is 6.75. The fourth-order valence-electron chi connectivity index (χ4n) is 3.22. The minimum atomic E-state index is -0.254. The summed E-state index contributed by atoms with van der Waals surface area (Å²) < 4.78 is 6.06. The van der Waals surface area contributed by atoms with Crippen molar-refractivity contribution in [2.24, 2.45) is 5.92 Å². The highest BCUT2D eigenvalue weighted by Crippen LogP contribution is 2.26. The molecule has 134 valence electrons. The number of nitrogens with one attached hydrogen (secondary N) is 3. The van der Waals surface area contributed by atoms with Gasteiger partial charge in [0, 0.05) is 18.1 Å². The van der Waals surface area contributed by atoms with Crippen molar-refractivity contribution in [2.45, 2.75) is 51.9 Å². The molecule has 6 nitrogen and oxygen atoms in total. The van der Waals surface area contributed by atoms with Crippen LogP contribution in [0.15, 0.2) is 36.7 Å². The molecule has 0 bridgehead atoms. The summed E-state index contributed by atoms with van der Waals surface area (Å²) in [5.41, 5.74) is 1.83. The molecule has 2 atom stereocenters. The summed E-state index contributed by atoms with van der Waals surface area (Å²) in [6.07, 6.45) is 8.61. The molecule has 1 aromatic carbocycles. The first-order valence-electron chi connectivity index (χ1n) is 8.92. The average Bonchev–Trinajstić information content (AvgIpc) is 3.12. The Morgan fingerprint density at radius 3 is 3.12 bits per heavy atom. The van der Waals surface area contributed by atoms with Crippen molar-refractivity contribution in [1.82, 2.24) is 15.3 Å². The summed E-state index contributed by atoms with van der Waals surface area (Å²) >= 11 is 0. The Balaban J connectivity index is 1.46. The van der Waals surface area contributed by atoms with Crippen molar-refractivity contribution in [3.63, 3.8) is 0 Å². The highest BCUT2D eigenvalue weighted by Gasteiger charge is 2.19. The second kappa shape index (κ2) is 8.67. The molecule has 0 aliphatic heterocycles. The number of carbonyl (C=O) groups excluding carboxylic acids is 1. The number of H-pyrrole nitrogens is 1. The lowest BCUT2D eigenvalue weighted by molar-refractivity contribution is 0.00468. The highest BCUT2D eigenvalue weighted by atomic mass is 16.5. The first kappa shape index (κ1) is 17.5. The van der Waals surface area contributed by atoms with E-state index in [4.69, 9.17) is 4.74 Å². The number of aromatic nitrogens is 2. The van der Waals surface area contributed by atoms with Crippen molar-refractivity contribution in [2.75, 3.05) is 5.32 Å². The molecule has 1 aliphatic rings. The Morgan fingerprint density at radius 1 is 1.40 bits per heavy atom. The zero-order chi connectivity index (χ0) is 17.5. The number of rotatable bonds is 6. The predicted molar refractivity (Wildman–Crippen MR) is 97.1 cm³/mol. The number of nitrogens with zero attached hydrogens (tertiary/aromatic N) is 1. The number of benzene rings is 1. The first-order chi connectivity index (χ1) is 12.2. The molecule has 1 aliphatic carbocycles. The van der Waals surface area contributed by atoms with Crippen LogP contribution in [-0.2, 0) is 17.9 Å². The van der Waals surface area contributed by atoms with E-state index in [1.807, 2.05) is 24.3 Å². The van der Waals surface area contributed by atoms with Crippen LogP contribution in [0.2, 0.25) is 0 Å². The smallest absolute Gasteiger partial charge is 0.319 e. The third-order valence-corrected chi connectivity index (χ3v) is 4.53.